The molecule has 0 bridgehead atoms. The first-order chi connectivity index (χ1) is 14.8. The van der Waals surface area contributed by atoms with Gasteiger partial charge in [-0.1, -0.05) is 0 Å². The average Bonchev–Trinajstić information content (AvgIpc) is 3.24. The van der Waals surface area contributed by atoms with E-state index in [0.29, 0.717) is 10.2 Å². The average molecular weight is 470 g/mol. The third-order valence-corrected chi connectivity index (χ3v) is 4.74. The molecule has 3 saturated heterocycles. The third kappa shape index (κ3) is 2.76. The topological polar surface area (TPSA) is 338 Å². The lowest BCUT2D eigenvalue weighted by molar-refractivity contribution is -0.974. The van der Waals surface area contributed by atoms with Gasteiger partial charge in [0, 0.05) is 0 Å². The van der Waals surface area contributed by atoms with E-state index in [0.717, 1.165) is 0 Å². The third-order valence-electron chi connectivity index (χ3n) is 4.74. The number of nitrogens with zero attached hydrogens (tertiary/aromatic N) is 8. The van der Waals surface area contributed by atoms with E-state index < -0.39 is 65.8 Å². The van der Waals surface area contributed by atoms with Crippen LogP contribution in [0.1, 0.15) is 0 Å². The maximum atomic E-state index is 11.3. The van der Waals surface area contributed by atoms with Crippen LogP contribution in [0.3, 0.4) is 0 Å². The molecule has 0 aliphatic carbocycles. The maximum Gasteiger partial charge on any atom is 0.730 e. The number of hydrogen-bond donors (Lipinski definition) is 6. The van der Waals surface area contributed by atoms with E-state index in [1.807, 2.05) is 10.9 Å². The monoisotopic (exact) mass is 470 g/mol. The summed E-state index contributed by atoms with van der Waals surface area (Å²) in [7, 11) is 0. The van der Waals surface area contributed by atoms with Crippen molar-refractivity contribution in [1.29, 1.82) is 0 Å². The second kappa shape index (κ2) is 7.34. The molecule has 0 saturated carbocycles. The molecule has 0 aromatic carbocycles. The molecule has 3 rings (SSSR count). The predicted octanol–water partition coefficient (Wildman–Crippen LogP) is -5.98. The van der Waals surface area contributed by atoms with E-state index >= 15 is 0 Å². The molecule has 32 heavy (non-hydrogen) atoms. The van der Waals surface area contributed by atoms with Crippen molar-refractivity contribution in [2.45, 2.75) is 36.2 Å². The molecular weight excluding hydrogens is 460 g/mol. The highest BCUT2D eigenvalue weighted by atomic mass is 16.7. The Balaban J connectivity index is 1.93. The number of hydrazine groups is 5. The number of fused-ring (bicyclic) bond motifs is 3. The van der Waals surface area contributed by atoms with Gasteiger partial charge in [-0.3, -0.25) is 71.3 Å². The van der Waals surface area contributed by atoms with Crippen LogP contribution in [0.5, 0.6) is 0 Å². The molecule has 0 spiro atoms. The molecule has 3 aliphatic rings. The van der Waals surface area contributed by atoms with Crippen molar-refractivity contribution in [3.05, 3.63) is 60.7 Å². The van der Waals surface area contributed by atoms with Gasteiger partial charge in [0.05, 0.1) is 0 Å². The summed E-state index contributed by atoms with van der Waals surface area (Å²) in [4.78, 5) is 56.9. The van der Waals surface area contributed by atoms with E-state index in [9.17, 15) is 60.7 Å². The summed E-state index contributed by atoms with van der Waals surface area (Å²) in [6.45, 7) is 0. The van der Waals surface area contributed by atoms with Crippen LogP contribution in [-0.4, -0.2) is 76.0 Å². The van der Waals surface area contributed by atoms with Crippen LogP contribution >= 0.6 is 0 Å². The molecular formula is C6H10N14O12. The lowest BCUT2D eigenvalue weighted by Crippen LogP contribution is -2.74. The molecule has 3 aliphatic heterocycles. The Kier molecular flexibility index (Phi) is 5.22. The summed E-state index contributed by atoms with van der Waals surface area (Å²) in [5.74, 6) is -8.08. The number of hydrogen-bond acceptors (Lipinski definition) is 20. The smallest absolute Gasteiger partial charge is 0.260 e. The molecule has 0 amide bonds. The summed E-state index contributed by atoms with van der Waals surface area (Å²) >= 11 is 0. The summed E-state index contributed by atoms with van der Waals surface area (Å²) in [5.41, 5.74) is 8.45. The quantitative estimate of drug-likeness (QED) is 0.109. The van der Waals surface area contributed by atoms with Crippen molar-refractivity contribution in [3.8, 4) is 0 Å². The molecule has 4 atom stereocenters. The Morgan fingerprint density at radius 1 is 0.531 bits per heavy atom. The van der Waals surface area contributed by atoms with Gasteiger partial charge in [0.25, 0.3) is 12.3 Å². The molecule has 0 aromatic heterocycles. The van der Waals surface area contributed by atoms with Crippen molar-refractivity contribution < 1.29 is 29.5 Å². The highest BCUT2D eigenvalue weighted by Gasteiger charge is 2.82. The Morgan fingerprint density at radius 2 is 0.781 bits per heavy atom. The summed E-state index contributed by atoms with van der Waals surface area (Å²) in [6.07, 6.45) is -7.65. The van der Waals surface area contributed by atoms with Crippen LogP contribution in [0.15, 0.2) is 0 Å². The fourth-order valence-corrected chi connectivity index (χ4v) is 3.21. The second-order valence-corrected chi connectivity index (χ2v) is 6.23. The first kappa shape index (κ1) is 22.8. The van der Waals surface area contributed by atoms with E-state index in [1.54, 1.807) is 0 Å². The van der Waals surface area contributed by atoms with Gasteiger partial charge in [0.15, 0.2) is 29.5 Å². The van der Waals surface area contributed by atoms with Crippen molar-refractivity contribution in [2.24, 2.45) is 0 Å². The van der Waals surface area contributed by atoms with Crippen molar-refractivity contribution in [1.82, 2.24) is 42.8 Å². The summed E-state index contributed by atoms with van der Waals surface area (Å²) in [6, 6.07) is 0. The minimum Gasteiger partial charge on any atom is -0.260 e. The summed E-state index contributed by atoms with van der Waals surface area (Å²) < 4.78 is 0. The van der Waals surface area contributed by atoms with Crippen molar-refractivity contribution in [3.63, 3.8) is 0 Å². The highest BCUT2D eigenvalue weighted by molar-refractivity contribution is 4.96. The fraction of sp³-hybridized carbons (Fsp3) is 1.00. The van der Waals surface area contributed by atoms with Crippen LogP contribution in [-0.2, 0) is 0 Å². The fourth-order valence-electron chi connectivity index (χ4n) is 3.21. The van der Waals surface area contributed by atoms with Crippen molar-refractivity contribution >= 4 is 0 Å². The Labute approximate surface area is 170 Å². The molecule has 3 heterocycles. The molecule has 4 unspecified atom stereocenters. The SMILES string of the molecule is O=[N+]([O-])C(C1NC2C3NC(C([N+](=O)[O-])([N+](=O)[O-])[N+](=O)[O-])NN3NNN2N1)([N+](=O)[O-])[N+](=O)[O-]. The van der Waals surface area contributed by atoms with Gasteiger partial charge in [-0.2, -0.15) is 11.1 Å². The minimum atomic E-state index is -4.04. The van der Waals surface area contributed by atoms with E-state index in [4.69, 9.17) is 0 Å². The molecule has 0 aromatic rings. The van der Waals surface area contributed by atoms with Crippen LogP contribution in [0.4, 0.5) is 0 Å². The molecule has 6 N–H and O–H groups in total. The van der Waals surface area contributed by atoms with Crippen molar-refractivity contribution in [2.75, 3.05) is 0 Å². The normalized spacial score (nSPS) is 28.5. The van der Waals surface area contributed by atoms with Gasteiger partial charge in [-0.25, -0.2) is 10.9 Å². The van der Waals surface area contributed by atoms with Crippen LogP contribution in [0.25, 0.3) is 0 Å². The second-order valence-electron chi connectivity index (χ2n) is 6.23. The van der Waals surface area contributed by atoms with E-state index in [2.05, 4.69) is 21.7 Å². The van der Waals surface area contributed by atoms with Gasteiger partial charge >= 0.3 is 11.6 Å². The van der Waals surface area contributed by atoms with Gasteiger partial charge < -0.3 is 0 Å². The maximum absolute atomic E-state index is 11.3. The van der Waals surface area contributed by atoms with Gasteiger partial charge in [0.2, 0.25) is 0 Å². The largest absolute Gasteiger partial charge is 0.730 e. The van der Waals surface area contributed by atoms with Gasteiger partial charge in [0.1, 0.15) is 12.3 Å². The number of nitrogens with one attached hydrogen (secondary N) is 6. The zero-order valence-electron chi connectivity index (χ0n) is 14.8. The standard InChI is InChI=1S/C6H10N14O12/c21-15(22)5(16(23)24,17(25)26)3-7-1-2-8-4(10-14(2)12-11-13(1)9-3)6(18(27)28,19(29)30)20(31)32/h1-4,7-12H. The zero-order chi connectivity index (χ0) is 24.2. The first-order valence-electron chi connectivity index (χ1n) is 7.84. The van der Waals surface area contributed by atoms with Gasteiger partial charge in [-0.05, 0) is 0 Å². The van der Waals surface area contributed by atoms with Crippen LogP contribution < -0.4 is 32.6 Å². The first-order valence-corrected chi connectivity index (χ1v) is 7.84. The minimum absolute atomic E-state index is 0.695. The number of nitro groups is 6. The lowest BCUT2D eigenvalue weighted by atomic mass is 10.2. The summed E-state index contributed by atoms with van der Waals surface area (Å²) in [5, 5.41) is 73.2. The molecule has 3 fully saturated rings. The zero-order valence-corrected chi connectivity index (χ0v) is 14.8. The number of rotatable bonds is 8. The Hall–Kier alpha value is -3.92. The Bertz CT molecular complexity index is 765. The van der Waals surface area contributed by atoms with Gasteiger partial charge in [-0.15, -0.1) is 10.2 Å². The predicted molar refractivity (Wildman–Crippen MR) is 85.1 cm³/mol. The van der Waals surface area contributed by atoms with Crippen LogP contribution in [0, 0.1) is 60.7 Å². The lowest BCUT2D eigenvalue weighted by Gasteiger charge is -2.38. The highest BCUT2D eigenvalue weighted by Crippen LogP contribution is 2.26. The molecule has 176 valence electrons. The molecule has 26 nitrogen and oxygen atoms in total. The van der Waals surface area contributed by atoms with E-state index in [-0.39, 0.29) is 0 Å². The van der Waals surface area contributed by atoms with Crippen LogP contribution in [0.2, 0.25) is 0 Å². The molecule has 0 radical (unpaired) electrons. The Morgan fingerprint density at radius 3 is 1.00 bits per heavy atom. The van der Waals surface area contributed by atoms with E-state index in [1.165, 1.54) is 0 Å². The molecule has 26 heteroatoms.